The van der Waals surface area contributed by atoms with Crippen molar-refractivity contribution in [2.75, 3.05) is 18.4 Å². The van der Waals surface area contributed by atoms with Crippen molar-refractivity contribution in [3.8, 4) is 0 Å². The lowest BCUT2D eigenvalue weighted by atomic mass is 9.99. The Bertz CT molecular complexity index is 1080. The maximum atomic E-state index is 13.5. The third kappa shape index (κ3) is 4.16. The molecule has 0 saturated carbocycles. The Balaban J connectivity index is 1.79. The van der Waals surface area contributed by atoms with Gasteiger partial charge in [-0.05, 0) is 61.4 Å². The van der Waals surface area contributed by atoms with Gasteiger partial charge >= 0.3 is 0 Å². The van der Waals surface area contributed by atoms with Crippen molar-refractivity contribution in [2.45, 2.75) is 46.5 Å². The van der Waals surface area contributed by atoms with Gasteiger partial charge in [0.15, 0.2) is 5.65 Å². The molecule has 4 rings (SSSR count). The van der Waals surface area contributed by atoms with E-state index in [-0.39, 0.29) is 5.91 Å². The molecule has 1 amide bonds. The van der Waals surface area contributed by atoms with Crippen LogP contribution in [0.2, 0.25) is 0 Å². The number of anilines is 2. The van der Waals surface area contributed by atoms with Gasteiger partial charge in [-0.3, -0.25) is 4.79 Å². The van der Waals surface area contributed by atoms with E-state index >= 15 is 0 Å². The number of nitrogens with zero attached hydrogens (tertiary/aromatic N) is 3. The molecule has 1 saturated heterocycles. The van der Waals surface area contributed by atoms with E-state index in [1.165, 1.54) is 12.0 Å². The minimum Gasteiger partial charge on any atom is -0.354 e. The number of benzene rings is 1. The lowest BCUT2D eigenvalue weighted by Crippen LogP contribution is -2.39. The zero-order chi connectivity index (χ0) is 21.3. The zero-order valence-electron chi connectivity index (χ0n) is 18.3. The molecule has 1 aromatic carbocycles. The Hall–Kier alpha value is -2.95. The molecule has 1 fully saturated rings. The van der Waals surface area contributed by atoms with Crippen LogP contribution >= 0.6 is 0 Å². The molecule has 3 heterocycles. The molecule has 0 aliphatic carbocycles. The molecule has 5 nitrogen and oxygen atoms in total. The first-order valence-electron chi connectivity index (χ1n) is 10.8. The SMILES string of the molecule is Cc1ccc2c(Nc3cccc(C(C)C)c3)c(C(=O)N3CCC[C@@H](C)C3)cnc2n1. The Morgan fingerprint density at radius 2 is 2.07 bits per heavy atom. The average molecular weight is 403 g/mol. The van der Waals surface area contributed by atoms with Gasteiger partial charge in [-0.15, -0.1) is 0 Å². The standard InChI is InChI=1S/C25H30N4O/c1-16(2)19-8-5-9-20(13-19)28-23-21-11-10-18(4)27-24(21)26-14-22(23)25(30)29-12-6-7-17(3)15-29/h5,8-11,13-14,16-17H,6-7,12,15H2,1-4H3,(H,26,27,28)/t17-/m1/s1. The number of aryl methyl sites for hydroxylation is 1. The number of nitrogens with one attached hydrogen (secondary N) is 1. The molecule has 0 unspecified atom stereocenters. The van der Waals surface area contributed by atoms with E-state index in [2.05, 4.69) is 54.3 Å². The first-order valence-corrected chi connectivity index (χ1v) is 10.8. The molecule has 0 spiro atoms. The van der Waals surface area contributed by atoms with Gasteiger partial charge in [0.1, 0.15) is 0 Å². The number of aromatic nitrogens is 2. The third-order valence-corrected chi connectivity index (χ3v) is 5.87. The number of fused-ring (bicyclic) bond motifs is 1. The Morgan fingerprint density at radius 3 is 2.83 bits per heavy atom. The highest BCUT2D eigenvalue weighted by molar-refractivity contribution is 6.07. The van der Waals surface area contributed by atoms with Crippen LogP contribution in [0.1, 0.15) is 61.1 Å². The van der Waals surface area contributed by atoms with Crippen molar-refractivity contribution in [1.29, 1.82) is 0 Å². The number of pyridine rings is 2. The van der Waals surface area contributed by atoms with Crippen molar-refractivity contribution in [3.05, 3.63) is 59.4 Å². The number of amides is 1. The van der Waals surface area contributed by atoms with E-state index in [1.807, 2.05) is 30.0 Å². The van der Waals surface area contributed by atoms with Crippen LogP contribution in [0.5, 0.6) is 0 Å². The van der Waals surface area contributed by atoms with E-state index in [4.69, 9.17) is 0 Å². The smallest absolute Gasteiger partial charge is 0.257 e. The van der Waals surface area contributed by atoms with Gasteiger partial charge in [-0.2, -0.15) is 0 Å². The molecule has 1 N–H and O–H groups in total. The Morgan fingerprint density at radius 1 is 1.23 bits per heavy atom. The van der Waals surface area contributed by atoms with E-state index in [0.717, 1.165) is 42.0 Å². The number of hydrogen-bond acceptors (Lipinski definition) is 4. The van der Waals surface area contributed by atoms with Gasteiger partial charge in [0.2, 0.25) is 0 Å². The summed E-state index contributed by atoms with van der Waals surface area (Å²) >= 11 is 0. The van der Waals surface area contributed by atoms with Crippen molar-refractivity contribution >= 4 is 28.3 Å². The summed E-state index contributed by atoms with van der Waals surface area (Å²) in [5.74, 6) is 1.000. The fraction of sp³-hybridized carbons (Fsp3) is 0.400. The number of piperidine rings is 1. The van der Waals surface area contributed by atoms with Crippen LogP contribution in [0.4, 0.5) is 11.4 Å². The highest BCUT2D eigenvalue weighted by Gasteiger charge is 2.25. The van der Waals surface area contributed by atoms with Crippen LogP contribution in [0.3, 0.4) is 0 Å². The molecular formula is C25H30N4O. The van der Waals surface area contributed by atoms with Crippen LogP contribution in [0.15, 0.2) is 42.6 Å². The molecule has 3 aromatic rings. The van der Waals surface area contributed by atoms with Gasteiger partial charge in [0.05, 0.1) is 11.3 Å². The molecule has 5 heteroatoms. The highest BCUT2D eigenvalue weighted by atomic mass is 16.2. The summed E-state index contributed by atoms with van der Waals surface area (Å²) in [6.07, 6.45) is 3.91. The van der Waals surface area contributed by atoms with E-state index in [1.54, 1.807) is 6.20 Å². The number of carbonyl (C=O) groups excluding carboxylic acids is 1. The number of likely N-dealkylation sites (tertiary alicyclic amines) is 1. The minimum absolute atomic E-state index is 0.0408. The summed E-state index contributed by atoms with van der Waals surface area (Å²) in [5, 5.41) is 4.40. The summed E-state index contributed by atoms with van der Waals surface area (Å²) in [5.41, 5.74) is 5.18. The van der Waals surface area contributed by atoms with Crippen molar-refractivity contribution < 1.29 is 4.79 Å². The van der Waals surface area contributed by atoms with Gasteiger partial charge in [0.25, 0.3) is 5.91 Å². The quantitative estimate of drug-likeness (QED) is 0.610. The van der Waals surface area contributed by atoms with Gasteiger partial charge in [-0.1, -0.05) is 32.9 Å². The molecular weight excluding hydrogens is 372 g/mol. The highest BCUT2D eigenvalue weighted by Crippen LogP contribution is 2.31. The van der Waals surface area contributed by atoms with E-state index in [0.29, 0.717) is 23.0 Å². The summed E-state index contributed by atoms with van der Waals surface area (Å²) in [6.45, 7) is 10.1. The lowest BCUT2D eigenvalue weighted by molar-refractivity contribution is 0.0684. The fourth-order valence-electron chi connectivity index (χ4n) is 4.13. The average Bonchev–Trinajstić information content (AvgIpc) is 2.73. The van der Waals surface area contributed by atoms with E-state index < -0.39 is 0 Å². The molecule has 156 valence electrons. The van der Waals surface area contributed by atoms with Gasteiger partial charge in [0, 0.05) is 36.1 Å². The Labute approximate surface area is 178 Å². The van der Waals surface area contributed by atoms with Crippen molar-refractivity contribution in [3.63, 3.8) is 0 Å². The normalized spacial score (nSPS) is 16.8. The largest absolute Gasteiger partial charge is 0.354 e. The molecule has 1 atom stereocenters. The fourth-order valence-corrected chi connectivity index (χ4v) is 4.13. The van der Waals surface area contributed by atoms with Crippen LogP contribution < -0.4 is 5.32 Å². The maximum absolute atomic E-state index is 13.5. The van der Waals surface area contributed by atoms with E-state index in [9.17, 15) is 4.79 Å². The monoisotopic (exact) mass is 402 g/mol. The summed E-state index contributed by atoms with van der Waals surface area (Å²) in [7, 11) is 0. The second-order valence-corrected chi connectivity index (χ2v) is 8.77. The zero-order valence-corrected chi connectivity index (χ0v) is 18.3. The first-order chi connectivity index (χ1) is 14.4. The predicted molar refractivity (Wildman–Crippen MR) is 122 cm³/mol. The summed E-state index contributed by atoms with van der Waals surface area (Å²) in [6, 6.07) is 12.3. The van der Waals surface area contributed by atoms with Crippen molar-refractivity contribution in [2.24, 2.45) is 5.92 Å². The van der Waals surface area contributed by atoms with Gasteiger partial charge < -0.3 is 10.2 Å². The molecule has 30 heavy (non-hydrogen) atoms. The lowest BCUT2D eigenvalue weighted by Gasteiger charge is -2.31. The molecule has 2 aromatic heterocycles. The molecule has 1 aliphatic heterocycles. The number of rotatable bonds is 4. The second-order valence-electron chi connectivity index (χ2n) is 8.77. The molecule has 0 radical (unpaired) electrons. The first kappa shape index (κ1) is 20.3. The van der Waals surface area contributed by atoms with Crippen LogP contribution in [0, 0.1) is 12.8 Å². The van der Waals surface area contributed by atoms with Crippen molar-refractivity contribution in [1.82, 2.24) is 14.9 Å². The van der Waals surface area contributed by atoms with Gasteiger partial charge in [-0.25, -0.2) is 9.97 Å². The van der Waals surface area contributed by atoms with Crippen LogP contribution in [0.25, 0.3) is 11.0 Å². The summed E-state index contributed by atoms with van der Waals surface area (Å²) < 4.78 is 0. The van der Waals surface area contributed by atoms with Crippen LogP contribution in [-0.4, -0.2) is 33.9 Å². The third-order valence-electron chi connectivity index (χ3n) is 5.87. The topological polar surface area (TPSA) is 58.1 Å². The Kier molecular flexibility index (Phi) is 5.71. The summed E-state index contributed by atoms with van der Waals surface area (Å²) in [4.78, 5) is 24.5. The molecule has 1 aliphatic rings. The number of hydrogen-bond donors (Lipinski definition) is 1. The number of carbonyl (C=O) groups is 1. The molecule has 0 bridgehead atoms. The van der Waals surface area contributed by atoms with Crippen LogP contribution in [-0.2, 0) is 0 Å². The predicted octanol–water partition coefficient (Wildman–Crippen LogP) is 5.68. The minimum atomic E-state index is 0.0408. The second kappa shape index (κ2) is 8.42. The maximum Gasteiger partial charge on any atom is 0.257 e.